The Hall–Kier alpha value is -0.790. The Morgan fingerprint density at radius 2 is 2.19 bits per heavy atom. The summed E-state index contributed by atoms with van der Waals surface area (Å²) in [7, 11) is 0. The molecular formula is C14H24O2. The lowest BCUT2D eigenvalue weighted by molar-refractivity contribution is -0.137. The highest BCUT2D eigenvalue weighted by Gasteiger charge is 2.26. The van der Waals surface area contributed by atoms with Crippen LogP contribution in [-0.4, -0.2) is 12.6 Å². The third-order valence-electron chi connectivity index (χ3n) is 3.43. The molecule has 0 heterocycles. The first kappa shape index (κ1) is 13.3. The number of rotatable bonds is 3. The van der Waals surface area contributed by atoms with Crippen LogP contribution in [0.3, 0.4) is 0 Å². The maximum absolute atomic E-state index is 11.5. The molecule has 0 saturated heterocycles. The Bertz CT molecular complexity index is 266. The second-order valence-corrected chi connectivity index (χ2v) is 5.21. The van der Waals surface area contributed by atoms with Gasteiger partial charge in [0.2, 0.25) is 0 Å². The van der Waals surface area contributed by atoms with Gasteiger partial charge in [0, 0.05) is 6.08 Å². The van der Waals surface area contributed by atoms with Crippen LogP contribution in [0.4, 0.5) is 0 Å². The van der Waals surface area contributed by atoms with Crippen molar-refractivity contribution in [2.75, 3.05) is 6.61 Å². The molecule has 0 aromatic carbocycles. The third-order valence-corrected chi connectivity index (χ3v) is 3.43. The van der Waals surface area contributed by atoms with Gasteiger partial charge in [-0.05, 0) is 43.9 Å². The van der Waals surface area contributed by atoms with Gasteiger partial charge in [-0.2, -0.15) is 0 Å². The zero-order chi connectivity index (χ0) is 12.1. The van der Waals surface area contributed by atoms with Gasteiger partial charge in [0.1, 0.15) is 0 Å². The Kier molecular flexibility index (Phi) is 5.04. The van der Waals surface area contributed by atoms with Gasteiger partial charge < -0.3 is 4.74 Å². The number of carbonyl (C=O) groups is 1. The monoisotopic (exact) mass is 224 g/mol. The Morgan fingerprint density at radius 3 is 2.75 bits per heavy atom. The van der Waals surface area contributed by atoms with Crippen molar-refractivity contribution in [2.45, 2.75) is 47.0 Å². The highest BCUT2D eigenvalue weighted by Crippen LogP contribution is 2.37. The zero-order valence-electron chi connectivity index (χ0n) is 11.0. The van der Waals surface area contributed by atoms with Crippen LogP contribution in [0.1, 0.15) is 47.0 Å². The van der Waals surface area contributed by atoms with E-state index >= 15 is 0 Å². The maximum Gasteiger partial charge on any atom is 0.330 e. The Labute approximate surface area is 99.1 Å². The van der Waals surface area contributed by atoms with Crippen LogP contribution < -0.4 is 0 Å². The Morgan fingerprint density at radius 1 is 1.50 bits per heavy atom. The van der Waals surface area contributed by atoms with E-state index in [0.717, 1.165) is 6.42 Å². The fraction of sp³-hybridized carbons (Fsp3) is 0.786. The van der Waals surface area contributed by atoms with Crippen LogP contribution in [0.15, 0.2) is 11.6 Å². The molecule has 1 aliphatic rings. The van der Waals surface area contributed by atoms with Crippen LogP contribution in [0.2, 0.25) is 0 Å². The van der Waals surface area contributed by atoms with Crippen LogP contribution in [0, 0.1) is 17.8 Å². The second-order valence-electron chi connectivity index (χ2n) is 5.21. The minimum absolute atomic E-state index is 0.169. The van der Waals surface area contributed by atoms with Gasteiger partial charge in [0.05, 0.1) is 6.61 Å². The molecule has 0 aromatic rings. The summed E-state index contributed by atoms with van der Waals surface area (Å²) in [6.45, 7) is 9.04. The number of esters is 1. The van der Waals surface area contributed by atoms with Gasteiger partial charge in [-0.25, -0.2) is 4.79 Å². The molecule has 0 aliphatic heterocycles. The van der Waals surface area contributed by atoms with E-state index < -0.39 is 0 Å². The summed E-state index contributed by atoms with van der Waals surface area (Å²) >= 11 is 0. The van der Waals surface area contributed by atoms with Gasteiger partial charge in [0.15, 0.2) is 0 Å². The van der Waals surface area contributed by atoms with Gasteiger partial charge in [-0.1, -0.05) is 26.3 Å². The van der Waals surface area contributed by atoms with E-state index in [1.807, 2.05) is 6.92 Å². The minimum Gasteiger partial charge on any atom is -0.463 e. The molecule has 0 bridgehead atoms. The van der Waals surface area contributed by atoms with Crippen molar-refractivity contribution in [1.29, 1.82) is 0 Å². The summed E-state index contributed by atoms with van der Waals surface area (Å²) in [5, 5.41) is 0. The molecule has 1 rings (SSSR count). The first-order chi connectivity index (χ1) is 7.54. The molecular weight excluding hydrogens is 200 g/mol. The lowest BCUT2D eigenvalue weighted by Gasteiger charge is -2.32. The molecule has 0 amide bonds. The number of ether oxygens (including phenoxy) is 1. The number of carbonyl (C=O) groups excluding carboxylic acids is 1. The molecule has 1 fully saturated rings. The predicted octanol–water partition coefficient (Wildman–Crippen LogP) is 3.57. The van der Waals surface area contributed by atoms with Crippen LogP contribution >= 0.6 is 0 Å². The quantitative estimate of drug-likeness (QED) is 0.541. The van der Waals surface area contributed by atoms with Crippen molar-refractivity contribution in [3.05, 3.63) is 11.6 Å². The molecule has 1 saturated carbocycles. The number of hydrogen-bond donors (Lipinski definition) is 0. The van der Waals surface area contributed by atoms with E-state index in [1.165, 1.54) is 18.4 Å². The summed E-state index contributed by atoms with van der Waals surface area (Å²) in [5.41, 5.74) is 1.30. The second kappa shape index (κ2) is 6.07. The molecule has 0 spiro atoms. The fourth-order valence-electron chi connectivity index (χ4n) is 2.57. The molecule has 92 valence electrons. The summed E-state index contributed by atoms with van der Waals surface area (Å²) in [4.78, 5) is 11.5. The molecule has 0 aromatic heterocycles. The number of hydrogen-bond acceptors (Lipinski definition) is 2. The normalized spacial score (nSPS) is 28.4. The molecule has 2 unspecified atom stereocenters. The standard InChI is InChI=1S/C14H24O2/c1-5-16-14(15)9-12-8-11(4)6-7-13(12)10(2)3/h9-11,13H,5-8H2,1-4H3/b12-9-. The molecule has 2 heteroatoms. The number of allylic oxidation sites excluding steroid dienone is 1. The van der Waals surface area contributed by atoms with Crippen LogP contribution in [0.5, 0.6) is 0 Å². The third kappa shape index (κ3) is 3.66. The van der Waals surface area contributed by atoms with Gasteiger partial charge in [-0.15, -0.1) is 0 Å². The molecule has 0 N–H and O–H groups in total. The van der Waals surface area contributed by atoms with Crippen molar-refractivity contribution in [3.8, 4) is 0 Å². The van der Waals surface area contributed by atoms with Crippen LogP contribution in [-0.2, 0) is 9.53 Å². The van der Waals surface area contributed by atoms with Crippen molar-refractivity contribution in [3.63, 3.8) is 0 Å². The zero-order valence-corrected chi connectivity index (χ0v) is 11.0. The van der Waals surface area contributed by atoms with Gasteiger partial charge in [0.25, 0.3) is 0 Å². The molecule has 2 nitrogen and oxygen atoms in total. The minimum atomic E-state index is -0.169. The van der Waals surface area contributed by atoms with E-state index in [2.05, 4.69) is 20.8 Å². The molecule has 2 atom stereocenters. The lowest BCUT2D eigenvalue weighted by atomic mass is 9.74. The molecule has 1 aliphatic carbocycles. The van der Waals surface area contributed by atoms with Crippen molar-refractivity contribution in [2.24, 2.45) is 17.8 Å². The summed E-state index contributed by atoms with van der Waals surface area (Å²) in [6.07, 6.45) is 5.29. The average molecular weight is 224 g/mol. The first-order valence-electron chi connectivity index (χ1n) is 6.41. The van der Waals surface area contributed by atoms with E-state index in [9.17, 15) is 4.79 Å². The Balaban J connectivity index is 2.74. The molecule has 0 radical (unpaired) electrons. The summed E-state index contributed by atoms with van der Waals surface area (Å²) < 4.78 is 4.99. The van der Waals surface area contributed by atoms with Crippen molar-refractivity contribution >= 4 is 5.97 Å². The van der Waals surface area contributed by atoms with Crippen molar-refractivity contribution < 1.29 is 9.53 Å². The predicted molar refractivity (Wildman–Crippen MR) is 66.1 cm³/mol. The molecule has 16 heavy (non-hydrogen) atoms. The fourth-order valence-corrected chi connectivity index (χ4v) is 2.57. The average Bonchev–Trinajstić information content (AvgIpc) is 2.17. The summed E-state index contributed by atoms with van der Waals surface area (Å²) in [6, 6.07) is 0. The van der Waals surface area contributed by atoms with Crippen molar-refractivity contribution in [1.82, 2.24) is 0 Å². The van der Waals surface area contributed by atoms with E-state index in [0.29, 0.717) is 24.4 Å². The van der Waals surface area contributed by atoms with E-state index in [4.69, 9.17) is 4.74 Å². The van der Waals surface area contributed by atoms with Gasteiger partial charge in [-0.3, -0.25) is 0 Å². The topological polar surface area (TPSA) is 26.3 Å². The SMILES string of the molecule is CCOC(=O)/C=C1/CC(C)CCC1C(C)C. The highest BCUT2D eigenvalue weighted by molar-refractivity contribution is 5.82. The van der Waals surface area contributed by atoms with Crippen LogP contribution in [0.25, 0.3) is 0 Å². The smallest absolute Gasteiger partial charge is 0.330 e. The van der Waals surface area contributed by atoms with E-state index in [-0.39, 0.29) is 5.97 Å². The maximum atomic E-state index is 11.5. The van der Waals surface area contributed by atoms with Gasteiger partial charge >= 0.3 is 5.97 Å². The largest absolute Gasteiger partial charge is 0.463 e. The first-order valence-corrected chi connectivity index (χ1v) is 6.41. The highest BCUT2D eigenvalue weighted by atomic mass is 16.5. The van der Waals surface area contributed by atoms with E-state index in [1.54, 1.807) is 6.08 Å². The summed E-state index contributed by atoms with van der Waals surface area (Å²) in [5.74, 6) is 1.72. The lowest BCUT2D eigenvalue weighted by Crippen LogP contribution is -2.21.